The van der Waals surface area contributed by atoms with Gasteiger partial charge in [-0.25, -0.2) is 0 Å². The molecule has 4 heteroatoms. The number of halogens is 1. The van der Waals surface area contributed by atoms with Crippen LogP contribution >= 0.6 is 15.9 Å². The zero-order valence-electron chi connectivity index (χ0n) is 11.0. The number of ether oxygens (including phenoxy) is 1. The van der Waals surface area contributed by atoms with Crippen LogP contribution in [0.15, 0.2) is 16.6 Å². The van der Waals surface area contributed by atoms with E-state index >= 15 is 0 Å². The van der Waals surface area contributed by atoms with E-state index in [0.717, 1.165) is 54.7 Å². The number of fused-ring (bicyclic) bond motifs is 1. The van der Waals surface area contributed by atoms with Gasteiger partial charge in [0, 0.05) is 17.3 Å². The lowest BCUT2D eigenvalue weighted by Gasteiger charge is -2.27. The molecule has 2 N–H and O–H groups in total. The lowest BCUT2D eigenvalue weighted by molar-refractivity contribution is 0.0884. The van der Waals surface area contributed by atoms with E-state index in [2.05, 4.69) is 33.4 Å². The fourth-order valence-corrected chi connectivity index (χ4v) is 3.67. The molecule has 0 aliphatic carbocycles. The molecule has 0 spiro atoms. The second-order valence-electron chi connectivity index (χ2n) is 5.51. The van der Waals surface area contributed by atoms with Gasteiger partial charge in [0.1, 0.15) is 5.75 Å². The van der Waals surface area contributed by atoms with Crippen molar-refractivity contribution in [1.29, 1.82) is 0 Å². The average Bonchev–Trinajstić information content (AvgIpc) is 2.88. The molecule has 0 radical (unpaired) electrons. The minimum Gasteiger partial charge on any atom is -0.493 e. The smallest absolute Gasteiger partial charge is 0.125 e. The number of hydrogen-bond donors (Lipinski definition) is 2. The second kappa shape index (κ2) is 5.81. The molecule has 0 bridgehead atoms. The van der Waals surface area contributed by atoms with Crippen LogP contribution in [0.4, 0.5) is 0 Å². The summed E-state index contributed by atoms with van der Waals surface area (Å²) in [7, 11) is 0. The largest absolute Gasteiger partial charge is 0.493 e. The van der Waals surface area contributed by atoms with E-state index in [9.17, 15) is 5.11 Å². The molecule has 104 valence electrons. The predicted octanol–water partition coefficient (Wildman–Crippen LogP) is 2.29. The number of hydrogen-bond acceptors (Lipinski definition) is 3. The summed E-state index contributed by atoms with van der Waals surface area (Å²) in [6, 6.07) is 4.22. The van der Waals surface area contributed by atoms with Crippen LogP contribution in [-0.2, 0) is 12.8 Å². The Hall–Kier alpha value is -0.580. The molecule has 1 aromatic rings. The molecule has 2 heterocycles. The summed E-state index contributed by atoms with van der Waals surface area (Å²) in [5, 5.41) is 13.8. The van der Waals surface area contributed by atoms with Crippen LogP contribution in [0.2, 0.25) is 0 Å². The van der Waals surface area contributed by atoms with Crippen LogP contribution < -0.4 is 10.1 Å². The van der Waals surface area contributed by atoms with E-state index < -0.39 is 0 Å². The summed E-state index contributed by atoms with van der Waals surface area (Å²) in [6.45, 7) is 2.81. The van der Waals surface area contributed by atoms with E-state index in [4.69, 9.17) is 4.74 Å². The van der Waals surface area contributed by atoms with Gasteiger partial charge < -0.3 is 15.2 Å². The van der Waals surface area contributed by atoms with Gasteiger partial charge in [-0.2, -0.15) is 0 Å². The molecule has 1 unspecified atom stereocenters. The topological polar surface area (TPSA) is 41.5 Å². The molecule has 1 aromatic carbocycles. The third-order valence-electron chi connectivity index (χ3n) is 4.18. The van der Waals surface area contributed by atoms with Crippen LogP contribution in [0.25, 0.3) is 0 Å². The zero-order chi connectivity index (χ0) is 13.2. The summed E-state index contributed by atoms with van der Waals surface area (Å²) < 4.78 is 6.82. The highest BCUT2D eigenvalue weighted by Crippen LogP contribution is 2.34. The van der Waals surface area contributed by atoms with Crippen LogP contribution in [0.5, 0.6) is 5.75 Å². The minimum absolute atomic E-state index is 0.260. The van der Waals surface area contributed by atoms with Gasteiger partial charge in [0.2, 0.25) is 0 Å². The van der Waals surface area contributed by atoms with Crippen LogP contribution in [0, 0.1) is 5.92 Å². The number of piperidine rings is 1. The van der Waals surface area contributed by atoms with Gasteiger partial charge in [-0.3, -0.25) is 0 Å². The Bertz CT molecular complexity index is 458. The normalized spacial score (nSPS) is 20.9. The Balaban J connectivity index is 1.75. The molecule has 1 saturated heterocycles. The van der Waals surface area contributed by atoms with Crippen molar-refractivity contribution in [3.8, 4) is 5.75 Å². The lowest BCUT2D eigenvalue weighted by Crippen LogP contribution is -2.35. The quantitative estimate of drug-likeness (QED) is 0.895. The van der Waals surface area contributed by atoms with Crippen molar-refractivity contribution in [3.05, 3.63) is 27.7 Å². The Morgan fingerprint density at radius 3 is 2.95 bits per heavy atom. The van der Waals surface area contributed by atoms with Gasteiger partial charge in [0.05, 0.1) is 12.7 Å². The van der Waals surface area contributed by atoms with Crippen molar-refractivity contribution in [2.24, 2.45) is 5.92 Å². The SMILES string of the molecule is OC(Cc1cc(Br)cc2c1OCC2)C1CCNCC1. The monoisotopic (exact) mass is 325 g/mol. The lowest BCUT2D eigenvalue weighted by atomic mass is 9.88. The molecule has 2 aliphatic heterocycles. The molecule has 3 rings (SSSR count). The first-order valence-electron chi connectivity index (χ1n) is 7.07. The Morgan fingerprint density at radius 1 is 1.37 bits per heavy atom. The fourth-order valence-electron chi connectivity index (χ4n) is 3.12. The first-order valence-corrected chi connectivity index (χ1v) is 7.86. The first kappa shape index (κ1) is 13.4. The molecule has 1 atom stereocenters. The summed E-state index contributed by atoms with van der Waals surface area (Å²) >= 11 is 3.55. The maximum absolute atomic E-state index is 10.5. The maximum Gasteiger partial charge on any atom is 0.125 e. The molecule has 19 heavy (non-hydrogen) atoms. The van der Waals surface area contributed by atoms with Crippen molar-refractivity contribution in [2.75, 3.05) is 19.7 Å². The Kier molecular flexibility index (Phi) is 4.10. The van der Waals surface area contributed by atoms with E-state index in [-0.39, 0.29) is 6.10 Å². The molecule has 0 saturated carbocycles. The minimum atomic E-state index is -0.260. The van der Waals surface area contributed by atoms with E-state index in [1.807, 2.05) is 0 Å². The van der Waals surface area contributed by atoms with Gasteiger partial charge in [-0.15, -0.1) is 0 Å². The third kappa shape index (κ3) is 2.96. The molecule has 3 nitrogen and oxygen atoms in total. The number of rotatable bonds is 3. The fraction of sp³-hybridized carbons (Fsp3) is 0.600. The van der Waals surface area contributed by atoms with Crippen molar-refractivity contribution in [3.63, 3.8) is 0 Å². The van der Waals surface area contributed by atoms with E-state index in [0.29, 0.717) is 12.3 Å². The van der Waals surface area contributed by atoms with Crippen LogP contribution in [0.3, 0.4) is 0 Å². The number of aliphatic hydroxyl groups is 1. The summed E-state index contributed by atoms with van der Waals surface area (Å²) in [5.41, 5.74) is 2.41. The molecular formula is C15H20BrNO2. The number of aliphatic hydroxyl groups excluding tert-OH is 1. The highest BCUT2D eigenvalue weighted by molar-refractivity contribution is 9.10. The van der Waals surface area contributed by atoms with E-state index in [1.54, 1.807) is 0 Å². The average molecular weight is 326 g/mol. The third-order valence-corrected chi connectivity index (χ3v) is 4.64. The molecule has 0 aromatic heterocycles. The van der Waals surface area contributed by atoms with Crippen molar-refractivity contribution in [1.82, 2.24) is 5.32 Å². The molecule has 1 fully saturated rings. The Labute approximate surface area is 122 Å². The van der Waals surface area contributed by atoms with Crippen LogP contribution in [-0.4, -0.2) is 30.9 Å². The number of benzene rings is 1. The Morgan fingerprint density at radius 2 is 2.16 bits per heavy atom. The van der Waals surface area contributed by atoms with Crippen molar-refractivity contribution in [2.45, 2.75) is 31.8 Å². The maximum atomic E-state index is 10.5. The van der Waals surface area contributed by atoms with Gasteiger partial charge in [-0.1, -0.05) is 15.9 Å². The van der Waals surface area contributed by atoms with Gasteiger partial charge >= 0.3 is 0 Å². The summed E-state index contributed by atoms with van der Waals surface area (Å²) in [4.78, 5) is 0. The predicted molar refractivity (Wildman–Crippen MR) is 78.6 cm³/mol. The van der Waals surface area contributed by atoms with Crippen LogP contribution in [0.1, 0.15) is 24.0 Å². The summed E-state index contributed by atoms with van der Waals surface area (Å²) in [6.07, 6.45) is 3.55. The molecule has 0 amide bonds. The van der Waals surface area contributed by atoms with Gasteiger partial charge in [0.25, 0.3) is 0 Å². The van der Waals surface area contributed by atoms with Crippen molar-refractivity contribution < 1.29 is 9.84 Å². The highest BCUT2D eigenvalue weighted by atomic mass is 79.9. The number of nitrogens with one attached hydrogen (secondary N) is 1. The zero-order valence-corrected chi connectivity index (χ0v) is 12.6. The van der Waals surface area contributed by atoms with Gasteiger partial charge in [-0.05, 0) is 55.1 Å². The van der Waals surface area contributed by atoms with E-state index in [1.165, 1.54) is 5.56 Å². The standard InChI is InChI=1S/C15H20BrNO2/c16-13-7-11-3-6-19-15(11)12(8-13)9-14(18)10-1-4-17-5-2-10/h7-8,10,14,17-18H,1-6,9H2. The highest BCUT2D eigenvalue weighted by Gasteiger charge is 2.25. The molecule has 2 aliphatic rings. The van der Waals surface area contributed by atoms with Gasteiger partial charge in [0.15, 0.2) is 0 Å². The molecular weight excluding hydrogens is 306 g/mol. The first-order chi connectivity index (χ1) is 9.24. The van der Waals surface area contributed by atoms with Crippen molar-refractivity contribution >= 4 is 15.9 Å². The summed E-state index contributed by atoms with van der Waals surface area (Å²) in [5.74, 6) is 1.42. The second-order valence-corrected chi connectivity index (χ2v) is 6.43.